The highest BCUT2D eigenvalue weighted by molar-refractivity contribution is 5.87. The van der Waals surface area contributed by atoms with Crippen LogP contribution in [0.1, 0.15) is 78.9 Å². The van der Waals surface area contributed by atoms with Crippen LogP contribution in [0.15, 0.2) is 43.1 Å². The van der Waals surface area contributed by atoms with Gasteiger partial charge in [-0.2, -0.15) is 0 Å². The van der Waals surface area contributed by atoms with E-state index in [0.717, 1.165) is 29.8 Å². The van der Waals surface area contributed by atoms with Gasteiger partial charge in [-0.3, -0.25) is 4.79 Å². The minimum atomic E-state index is -0.524. The summed E-state index contributed by atoms with van der Waals surface area (Å²) in [6.07, 6.45) is 2.81. The Hall–Kier alpha value is -2.55. The van der Waals surface area contributed by atoms with Gasteiger partial charge in [0.05, 0.1) is 5.54 Å². The standard InChI is InChI=1S/C27H40N2O2.C2H6O/c1-9-24(31)25(27(7,8)29-20(2)19-26(4,5)6)28-21(3)23-16-14-22(15-17-23)13-11-10-12-18-30;1-2-3/h14-17,25,28-30H,2-3,9,11,13,18-19H2,1,4-8H3;3H,2H2,1H3/t25-;/m1./s1. The fourth-order valence-corrected chi connectivity index (χ4v) is 3.56. The quantitative estimate of drug-likeness (QED) is 0.348. The first-order valence-electron chi connectivity index (χ1n) is 12.0. The van der Waals surface area contributed by atoms with Crippen LogP contribution in [-0.4, -0.2) is 40.8 Å². The molecule has 34 heavy (non-hydrogen) atoms. The number of carbonyl (C=O) groups excluding carboxylic acids is 1. The summed E-state index contributed by atoms with van der Waals surface area (Å²) in [6.45, 7) is 22.6. The maximum atomic E-state index is 12.8. The number of aryl methyl sites for hydroxylation is 1. The van der Waals surface area contributed by atoms with Gasteiger partial charge in [0.2, 0.25) is 0 Å². The van der Waals surface area contributed by atoms with Gasteiger partial charge in [-0.15, -0.1) is 5.92 Å². The van der Waals surface area contributed by atoms with Crippen molar-refractivity contribution in [3.8, 4) is 11.8 Å². The number of carbonyl (C=O) groups is 1. The van der Waals surface area contributed by atoms with E-state index in [4.69, 9.17) is 10.2 Å². The van der Waals surface area contributed by atoms with Crippen LogP contribution in [0, 0.1) is 17.3 Å². The zero-order valence-electron chi connectivity index (χ0n) is 22.3. The van der Waals surface area contributed by atoms with Crippen molar-refractivity contribution < 1.29 is 15.0 Å². The molecular formula is C29H46N2O3. The molecule has 0 bridgehead atoms. The molecule has 0 aliphatic heterocycles. The third-order valence-corrected chi connectivity index (χ3v) is 5.00. The highest BCUT2D eigenvalue weighted by Gasteiger charge is 2.35. The number of ketones is 1. The summed E-state index contributed by atoms with van der Waals surface area (Å²) in [6, 6.07) is 7.69. The molecule has 0 saturated carbocycles. The van der Waals surface area contributed by atoms with Crippen molar-refractivity contribution >= 4 is 11.5 Å². The molecule has 0 spiro atoms. The van der Waals surface area contributed by atoms with Crippen LogP contribution in [0.5, 0.6) is 0 Å². The lowest BCUT2D eigenvalue weighted by Gasteiger charge is -2.38. The van der Waals surface area contributed by atoms with Crippen molar-refractivity contribution in [2.24, 2.45) is 5.41 Å². The lowest BCUT2D eigenvalue weighted by Crippen LogP contribution is -2.58. The topological polar surface area (TPSA) is 81.6 Å². The molecule has 1 atom stereocenters. The van der Waals surface area contributed by atoms with Gasteiger partial charge in [-0.1, -0.05) is 71.0 Å². The molecule has 1 rings (SSSR count). The molecular weight excluding hydrogens is 424 g/mol. The van der Waals surface area contributed by atoms with Gasteiger partial charge in [-0.05, 0) is 50.2 Å². The summed E-state index contributed by atoms with van der Waals surface area (Å²) < 4.78 is 0. The molecule has 0 aliphatic rings. The van der Waals surface area contributed by atoms with E-state index in [0.29, 0.717) is 12.8 Å². The number of allylic oxidation sites excluding steroid dienone is 1. The molecule has 0 unspecified atom stereocenters. The fourth-order valence-electron chi connectivity index (χ4n) is 3.56. The van der Waals surface area contributed by atoms with Crippen LogP contribution in [0.25, 0.3) is 5.70 Å². The number of Topliss-reactive ketones (excluding diaryl/α,β-unsaturated/α-hetero) is 1. The highest BCUT2D eigenvalue weighted by atomic mass is 16.3. The van der Waals surface area contributed by atoms with Gasteiger partial charge in [0.1, 0.15) is 12.6 Å². The third kappa shape index (κ3) is 12.6. The second-order valence-electron chi connectivity index (χ2n) is 10.1. The summed E-state index contributed by atoms with van der Waals surface area (Å²) in [4.78, 5) is 12.8. The van der Waals surface area contributed by atoms with E-state index in [2.05, 4.69) is 56.4 Å². The van der Waals surface area contributed by atoms with E-state index in [-0.39, 0.29) is 24.4 Å². The molecule has 0 fully saturated rings. The first-order chi connectivity index (χ1) is 15.8. The second kappa shape index (κ2) is 15.4. The molecule has 0 saturated heterocycles. The zero-order chi connectivity index (χ0) is 26.4. The average Bonchev–Trinajstić information content (AvgIpc) is 2.73. The molecule has 1 aromatic carbocycles. The van der Waals surface area contributed by atoms with Crippen molar-refractivity contribution in [3.05, 3.63) is 54.2 Å². The minimum absolute atomic E-state index is 0.100. The molecule has 190 valence electrons. The number of hydrogen-bond acceptors (Lipinski definition) is 5. The number of rotatable bonds is 11. The SMILES string of the molecule is C=C(CC(C)(C)C)NC(C)(C)[C@H](NC(=C)c1ccc(CCC#CCO)cc1)C(=O)CC.CCO. The number of hydrogen-bond donors (Lipinski definition) is 4. The van der Waals surface area contributed by atoms with E-state index < -0.39 is 11.6 Å². The predicted octanol–water partition coefficient (Wildman–Crippen LogP) is 4.84. The van der Waals surface area contributed by atoms with Crippen LogP contribution < -0.4 is 10.6 Å². The van der Waals surface area contributed by atoms with E-state index in [1.807, 2.05) is 45.0 Å². The normalized spacial score (nSPS) is 11.8. The largest absolute Gasteiger partial charge is 0.397 e. The van der Waals surface area contributed by atoms with Crippen molar-refractivity contribution in [2.75, 3.05) is 13.2 Å². The lowest BCUT2D eigenvalue weighted by atomic mass is 9.86. The summed E-state index contributed by atoms with van der Waals surface area (Å²) in [5.74, 6) is 5.72. The second-order valence-corrected chi connectivity index (χ2v) is 10.1. The van der Waals surface area contributed by atoms with Crippen LogP contribution >= 0.6 is 0 Å². The van der Waals surface area contributed by atoms with E-state index in [1.165, 1.54) is 5.56 Å². The molecule has 0 aromatic heterocycles. The van der Waals surface area contributed by atoms with Crippen LogP contribution in [0.3, 0.4) is 0 Å². The van der Waals surface area contributed by atoms with Gasteiger partial charge in [0.15, 0.2) is 5.78 Å². The van der Waals surface area contributed by atoms with Crippen LogP contribution in [-0.2, 0) is 11.2 Å². The van der Waals surface area contributed by atoms with Gasteiger partial charge < -0.3 is 20.8 Å². The number of nitrogens with one attached hydrogen (secondary N) is 2. The van der Waals surface area contributed by atoms with Gasteiger partial charge in [0, 0.05) is 30.8 Å². The number of aliphatic hydroxyl groups excluding tert-OH is 2. The molecule has 4 N–H and O–H groups in total. The first kappa shape index (κ1) is 31.4. The summed E-state index contributed by atoms with van der Waals surface area (Å²) >= 11 is 0. The Kier molecular flexibility index (Phi) is 14.2. The Morgan fingerprint density at radius 2 is 1.59 bits per heavy atom. The molecule has 0 radical (unpaired) electrons. The molecule has 0 amide bonds. The van der Waals surface area contributed by atoms with Crippen molar-refractivity contribution in [3.63, 3.8) is 0 Å². The van der Waals surface area contributed by atoms with Crippen molar-refractivity contribution in [1.29, 1.82) is 0 Å². The van der Waals surface area contributed by atoms with Crippen molar-refractivity contribution in [2.45, 2.75) is 85.7 Å². The van der Waals surface area contributed by atoms with Crippen molar-refractivity contribution in [1.82, 2.24) is 10.6 Å². The Morgan fingerprint density at radius 1 is 1.03 bits per heavy atom. The number of aliphatic hydroxyl groups is 2. The van der Waals surface area contributed by atoms with Gasteiger partial charge >= 0.3 is 0 Å². The minimum Gasteiger partial charge on any atom is -0.397 e. The summed E-state index contributed by atoms with van der Waals surface area (Å²) in [7, 11) is 0. The Bertz CT molecular complexity index is 837. The maximum Gasteiger partial charge on any atom is 0.157 e. The molecule has 5 heteroatoms. The lowest BCUT2D eigenvalue weighted by molar-refractivity contribution is -0.122. The molecule has 1 aromatic rings. The Morgan fingerprint density at radius 3 is 2.06 bits per heavy atom. The molecule has 5 nitrogen and oxygen atoms in total. The Labute approximate surface area is 207 Å². The predicted molar refractivity (Wildman–Crippen MR) is 144 cm³/mol. The first-order valence-corrected chi connectivity index (χ1v) is 12.0. The maximum absolute atomic E-state index is 12.8. The van der Waals surface area contributed by atoms with E-state index >= 15 is 0 Å². The fraction of sp³-hybridized carbons (Fsp3) is 0.552. The number of benzene rings is 1. The van der Waals surface area contributed by atoms with E-state index in [9.17, 15) is 4.79 Å². The summed E-state index contributed by atoms with van der Waals surface area (Å²) in [5.41, 5.74) is 3.35. The van der Waals surface area contributed by atoms with Gasteiger partial charge in [0.25, 0.3) is 0 Å². The zero-order valence-corrected chi connectivity index (χ0v) is 22.3. The van der Waals surface area contributed by atoms with Gasteiger partial charge in [-0.25, -0.2) is 0 Å². The van der Waals surface area contributed by atoms with E-state index in [1.54, 1.807) is 6.92 Å². The molecule has 0 aliphatic carbocycles. The summed E-state index contributed by atoms with van der Waals surface area (Å²) in [5, 5.41) is 23.1. The van der Waals surface area contributed by atoms with Crippen LogP contribution in [0.4, 0.5) is 0 Å². The highest BCUT2D eigenvalue weighted by Crippen LogP contribution is 2.25. The smallest absolute Gasteiger partial charge is 0.157 e. The third-order valence-electron chi connectivity index (χ3n) is 5.00. The van der Waals surface area contributed by atoms with Crippen LogP contribution in [0.2, 0.25) is 0 Å². The average molecular weight is 471 g/mol. The Balaban J connectivity index is 0.00000343. The monoisotopic (exact) mass is 470 g/mol. The molecule has 0 heterocycles.